The second kappa shape index (κ2) is 6.66. The molecule has 0 bridgehead atoms. The highest BCUT2D eigenvalue weighted by Crippen LogP contribution is 2.25. The van der Waals surface area contributed by atoms with E-state index in [-0.39, 0.29) is 11.7 Å². The zero-order valence-corrected chi connectivity index (χ0v) is 12.5. The second-order valence-corrected chi connectivity index (χ2v) is 5.71. The molecule has 4 nitrogen and oxygen atoms in total. The standard InChI is InChI=1S/C15H25NO3/c1-11(2)19-14-9-12(16)8-13(10-14)17-6-7-18-15(3,4)5/h8-11H,6-7,16H2,1-5H3. The van der Waals surface area contributed by atoms with Crippen molar-refractivity contribution in [1.82, 2.24) is 0 Å². The molecule has 0 amide bonds. The fraction of sp³-hybridized carbons (Fsp3) is 0.600. The van der Waals surface area contributed by atoms with Gasteiger partial charge in [0.1, 0.15) is 18.1 Å². The van der Waals surface area contributed by atoms with Crippen molar-refractivity contribution in [3.8, 4) is 11.5 Å². The van der Waals surface area contributed by atoms with Crippen LogP contribution in [0.5, 0.6) is 11.5 Å². The molecule has 0 saturated heterocycles. The molecule has 1 aromatic rings. The summed E-state index contributed by atoms with van der Waals surface area (Å²) in [5, 5.41) is 0. The van der Waals surface area contributed by atoms with Crippen LogP contribution < -0.4 is 15.2 Å². The largest absolute Gasteiger partial charge is 0.491 e. The first-order chi connectivity index (χ1) is 8.76. The summed E-state index contributed by atoms with van der Waals surface area (Å²) in [5.74, 6) is 1.43. The van der Waals surface area contributed by atoms with E-state index in [9.17, 15) is 0 Å². The molecule has 0 aromatic heterocycles. The molecule has 0 spiro atoms. The molecule has 0 fully saturated rings. The molecule has 0 aliphatic heterocycles. The van der Waals surface area contributed by atoms with Gasteiger partial charge >= 0.3 is 0 Å². The molecule has 0 radical (unpaired) electrons. The van der Waals surface area contributed by atoms with Crippen LogP contribution in [0.3, 0.4) is 0 Å². The molecule has 0 heterocycles. The minimum Gasteiger partial charge on any atom is -0.491 e. The maximum absolute atomic E-state index is 5.82. The number of ether oxygens (including phenoxy) is 3. The van der Waals surface area contributed by atoms with Crippen LogP contribution in [0.4, 0.5) is 5.69 Å². The number of nitrogens with two attached hydrogens (primary N) is 1. The third-order valence-electron chi connectivity index (χ3n) is 2.16. The molecule has 0 aliphatic rings. The zero-order valence-electron chi connectivity index (χ0n) is 12.5. The maximum Gasteiger partial charge on any atom is 0.125 e. The lowest BCUT2D eigenvalue weighted by Gasteiger charge is -2.19. The topological polar surface area (TPSA) is 53.7 Å². The smallest absolute Gasteiger partial charge is 0.125 e. The van der Waals surface area contributed by atoms with Crippen LogP contribution in [-0.2, 0) is 4.74 Å². The van der Waals surface area contributed by atoms with Gasteiger partial charge < -0.3 is 19.9 Å². The van der Waals surface area contributed by atoms with Gasteiger partial charge in [-0.1, -0.05) is 0 Å². The van der Waals surface area contributed by atoms with E-state index in [2.05, 4.69) is 0 Å². The lowest BCUT2D eigenvalue weighted by molar-refractivity contribution is -0.0163. The van der Waals surface area contributed by atoms with Gasteiger partial charge in [-0.25, -0.2) is 0 Å². The third kappa shape index (κ3) is 6.91. The van der Waals surface area contributed by atoms with E-state index in [0.717, 1.165) is 5.75 Å². The second-order valence-electron chi connectivity index (χ2n) is 5.71. The molecule has 0 aliphatic carbocycles. The Kier molecular flexibility index (Phi) is 5.48. The summed E-state index contributed by atoms with van der Waals surface area (Å²) in [5.41, 5.74) is 6.30. The highest BCUT2D eigenvalue weighted by atomic mass is 16.5. The number of rotatable bonds is 6. The Morgan fingerprint density at radius 1 is 1.05 bits per heavy atom. The fourth-order valence-electron chi connectivity index (χ4n) is 1.52. The first-order valence-electron chi connectivity index (χ1n) is 6.60. The highest BCUT2D eigenvalue weighted by molar-refractivity contribution is 5.50. The van der Waals surface area contributed by atoms with Crippen molar-refractivity contribution in [2.24, 2.45) is 0 Å². The van der Waals surface area contributed by atoms with Crippen LogP contribution in [0.15, 0.2) is 18.2 Å². The van der Waals surface area contributed by atoms with Gasteiger partial charge in [-0.05, 0) is 34.6 Å². The molecule has 0 atom stereocenters. The van der Waals surface area contributed by atoms with Gasteiger partial charge in [0.15, 0.2) is 0 Å². The average Bonchev–Trinajstić information content (AvgIpc) is 2.21. The van der Waals surface area contributed by atoms with Crippen LogP contribution in [-0.4, -0.2) is 24.9 Å². The molecule has 108 valence electrons. The SMILES string of the molecule is CC(C)Oc1cc(N)cc(OCCOC(C)(C)C)c1. The predicted octanol–water partition coefficient (Wildman–Crippen LogP) is 3.25. The summed E-state index contributed by atoms with van der Waals surface area (Å²) in [6.45, 7) is 11.0. The van der Waals surface area contributed by atoms with Gasteiger partial charge in [-0.15, -0.1) is 0 Å². The fourth-order valence-corrected chi connectivity index (χ4v) is 1.52. The molecule has 0 unspecified atom stereocenters. The van der Waals surface area contributed by atoms with Crippen LogP contribution in [0.1, 0.15) is 34.6 Å². The predicted molar refractivity (Wildman–Crippen MR) is 77.8 cm³/mol. The van der Waals surface area contributed by atoms with Crippen molar-refractivity contribution in [1.29, 1.82) is 0 Å². The van der Waals surface area contributed by atoms with Gasteiger partial charge in [-0.3, -0.25) is 0 Å². The zero-order chi connectivity index (χ0) is 14.5. The lowest BCUT2D eigenvalue weighted by Crippen LogP contribution is -2.22. The van der Waals surface area contributed by atoms with Crippen molar-refractivity contribution in [3.63, 3.8) is 0 Å². The Morgan fingerprint density at radius 3 is 2.26 bits per heavy atom. The van der Waals surface area contributed by atoms with E-state index >= 15 is 0 Å². The normalized spacial score (nSPS) is 11.7. The van der Waals surface area contributed by atoms with Gasteiger partial charge in [0, 0.05) is 23.9 Å². The highest BCUT2D eigenvalue weighted by Gasteiger charge is 2.09. The van der Waals surface area contributed by atoms with E-state index in [1.165, 1.54) is 0 Å². The molecule has 0 saturated carbocycles. The lowest BCUT2D eigenvalue weighted by atomic mass is 10.2. The summed E-state index contributed by atoms with van der Waals surface area (Å²) < 4.78 is 16.8. The summed E-state index contributed by atoms with van der Waals surface area (Å²) in [6.07, 6.45) is 0.110. The van der Waals surface area contributed by atoms with Crippen molar-refractivity contribution >= 4 is 5.69 Å². The van der Waals surface area contributed by atoms with Crippen molar-refractivity contribution in [3.05, 3.63) is 18.2 Å². The summed E-state index contributed by atoms with van der Waals surface area (Å²) in [4.78, 5) is 0. The number of nitrogen functional groups attached to an aromatic ring is 1. The van der Waals surface area contributed by atoms with Crippen molar-refractivity contribution < 1.29 is 14.2 Å². The Morgan fingerprint density at radius 2 is 1.68 bits per heavy atom. The molecular formula is C15H25NO3. The molecule has 1 aromatic carbocycles. The van der Waals surface area contributed by atoms with Gasteiger partial charge in [0.2, 0.25) is 0 Å². The van der Waals surface area contributed by atoms with E-state index in [1.54, 1.807) is 12.1 Å². The van der Waals surface area contributed by atoms with Gasteiger partial charge in [-0.2, -0.15) is 0 Å². The average molecular weight is 267 g/mol. The quantitative estimate of drug-likeness (QED) is 0.635. The number of hydrogen-bond donors (Lipinski definition) is 1. The first-order valence-corrected chi connectivity index (χ1v) is 6.60. The molecule has 2 N–H and O–H groups in total. The van der Waals surface area contributed by atoms with E-state index in [0.29, 0.717) is 24.7 Å². The van der Waals surface area contributed by atoms with Crippen LogP contribution in [0, 0.1) is 0 Å². The van der Waals surface area contributed by atoms with E-state index in [4.69, 9.17) is 19.9 Å². The monoisotopic (exact) mass is 267 g/mol. The Labute approximate surface area is 115 Å². The van der Waals surface area contributed by atoms with E-state index in [1.807, 2.05) is 40.7 Å². The molecule has 4 heteroatoms. The summed E-state index contributed by atoms with van der Waals surface area (Å²) in [7, 11) is 0. The van der Waals surface area contributed by atoms with Crippen LogP contribution in [0.2, 0.25) is 0 Å². The number of hydrogen-bond acceptors (Lipinski definition) is 4. The van der Waals surface area contributed by atoms with Crippen LogP contribution in [0.25, 0.3) is 0 Å². The number of benzene rings is 1. The van der Waals surface area contributed by atoms with Crippen LogP contribution >= 0.6 is 0 Å². The van der Waals surface area contributed by atoms with Gasteiger partial charge in [0.05, 0.1) is 18.3 Å². The summed E-state index contributed by atoms with van der Waals surface area (Å²) >= 11 is 0. The Balaban J connectivity index is 2.51. The Bertz CT molecular complexity index is 397. The minimum atomic E-state index is -0.148. The minimum absolute atomic E-state index is 0.110. The number of anilines is 1. The maximum atomic E-state index is 5.82. The first kappa shape index (κ1) is 15.6. The van der Waals surface area contributed by atoms with Gasteiger partial charge in [0.25, 0.3) is 0 Å². The van der Waals surface area contributed by atoms with Crippen molar-refractivity contribution in [2.45, 2.75) is 46.3 Å². The molecule has 1 rings (SSSR count). The molecule has 19 heavy (non-hydrogen) atoms. The summed E-state index contributed by atoms with van der Waals surface area (Å²) in [6, 6.07) is 5.41. The Hall–Kier alpha value is -1.42. The van der Waals surface area contributed by atoms with E-state index < -0.39 is 0 Å². The third-order valence-corrected chi connectivity index (χ3v) is 2.16. The molecular weight excluding hydrogens is 242 g/mol. The van der Waals surface area contributed by atoms with Crippen molar-refractivity contribution in [2.75, 3.05) is 18.9 Å².